The Balaban J connectivity index is 2.15. The van der Waals surface area contributed by atoms with Crippen molar-refractivity contribution in [2.75, 3.05) is 11.9 Å². The van der Waals surface area contributed by atoms with Gasteiger partial charge in [0.15, 0.2) is 17.5 Å². The van der Waals surface area contributed by atoms with Crippen molar-refractivity contribution in [2.24, 2.45) is 5.92 Å². The number of carbonyl (C=O) groups excluding carboxylic acids is 1. The first kappa shape index (κ1) is 16.9. The molecule has 23 heavy (non-hydrogen) atoms. The van der Waals surface area contributed by atoms with E-state index in [1.54, 1.807) is 12.1 Å². The average molecular weight is 323 g/mol. The Morgan fingerprint density at radius 3 is 2.57 bits per heavy atom. The third-order valence-electron chi connectivity index (χ3n) is 2.96. The van der Waals surface area contributed by atoms with Crippen LogP contribution in [0.25, 0.3) is 0 Å². The fourth-order valence-electron chi connectivity index (χ4n) is 1.81. The van der Waals surface area contributed by atoms with Gasteiger partial charge in [-0.2, -0.15) is 0 Å². The van der Waals surface area contributed by atoms with Crippen molar-refractivity contribution in [3.63, 3.8) is 0 Å². The zero-order valence-corrected chi connectivity index (χ0v) is 12.7. The fraction of sp³-hybridized carbons (Fsp3) is 0.235. The molecule has 6 heteroatoms. The number of hydrogen-bond donors (Lipinski definition) is 1. The Kier molecular flexibility index (Phi) is 5.26. The Morgan fingerprint density at radius 1 is 1.13 bits per heavy atom. The minimum absolute atomic E-state index is 0.218. The maximum atomic E-state index is 13.6. The summed E-state index contributed by atoms with van der Waals surface area (Å²) < 4.78 is 45.1. The van der Waals surface area contributed by atoms with Crippen LogP contribution in [0.2, 0.25) is 0 Å². The maximum absolute atomic E-state index is 13.6. The van der Waals surface area contributed by atoms with Gasteiger partial charge in [0.25, 0.3) is 5.91 Å². The molecule has 2 aromatic carbocycles. The molecule has 0 aliphatic rings. The van der Waals surface area contributed by atoms with E-state index in [2.05, 4.69) is 5.32 Å². The zero-order valence-electron chi connectivity index (χ0n) is 12.7. The molecular weight excluding hydrogens is 307 g/mol. The average Bonchev–Trinajstić information content (AvgIpc) is 2.53. The van der Waals surface area contributed by atoms with Crippen molar-refractivity contribution in [1.29, 1.82) is 0 Å². The molecule has 0 aromatic heterocycles. The lowest BCUT2D eigenvalue weighted by Gasteiger charge is -2.11. The van der Waals surface area contributed by atoms with E-state index < -0.39 is 29.0 Å². The standard InChI is InChI=1S/C17H16F3NO2/c1-10(2)9-23-12-5-3-4-11(8-12)17(22)21-14-7-6-13(18)15(19)16(14)20/h3-8,10H,9H2,1-2H3,(H,21,22). The number of benzene rings is 2. The van der Waals surface area contributed by atoms with Crippen LogP contribution >= 0.6 is 0 Å². The van der Waals surface area contributed by atoms with Gasteiger partial charge >= 0.3 is 0 Å². The van der Waals surface area contributed by atoms with Crippen LogP contribution in [0.3, 0.4) is 0 Å². The molecule has 1 N–H and O–H groups in total. The molecule has 0 bridgehead atoms. The van der Waals surface area contributed by atoms with Crippen LogP contribution in [0, 0.1) is 23.4 Å². The largest absolute Gasteiger partial charge is 0.493 e. The third-order valence-corrected chi connectivity index (χ3v) is 2.96. The summed E-state index contributed by atoms with van der Waals surface area (Å²) in [5.74, 6) is -4.21. The van der Waals surface area contributed by atoms with E-state index in [1.165, 1.54) is 12.1 Å². The highest BCUT2D eigenvalue weighted by atomic mass is 19.2. The molecule has 0 spiro atoms. The summed E-state index contributed by atoms with van der Waals surface area (Å²) in [7, 11) is 0. The monoisotopic (exact) mass is 323 g/mol. The van der Waals surface area contributed by atoms with E-state index in [4.69, 9.17) is 4.74 Å². The molecule has 3 nitrogen and oxygen atoms in total. The summed E-state index contributed by atoms with van der Waals surface area (Å²) in [6.07, 6.45) is 0. The second-order valence-electron chi connectivity index (χ2n) is 5.41. The first-order valence-electron chi connectivity index (χ1n) is 7.06. The minimum atomic E-state index is -1.63. The van der Waals surface area contributed by atoms with E-state index in [9.17, 15) is 18.0 Å². The normalized spacial score (nSPS) is 10.7. The Labute approximate surface area is 132 Å². The summed E-state index contributed by atoms with van der Waals surface area (Å²) in [5, 5.41) is 2.21. The predicted molar refractivity (Wildman–Crippen MR) is 81.0 cm³/mol. The number of amides is 1. The van der Waals surface area contributed by atoms with Crippen LogP contribution < -0.4 is 10.1 Å². The molecule has 1 amide bonds. The summed E-state index contributed by atoms with van der Waals surface area (Å²) in [4.78, 5) is 12.1. The van der Waals surface area contributed by atoms with Crippen molar-refractivity contribution in [3.8, 4) is 5.75 Å². The highest BCUT2D eigenvalue weighted by Gasteiger charge is 2.16. The molecule has 2 aromatic rings. The van der Waals surface area contributed by atoms with Gasteiger partial charge in [-0.05, 0) is 36.2 Å². The highest BCUT2D eigenvalue weighted by Crippen LogP contribution is 2.21. The van der Waals surface area contributed by atoms with Gasteiger partial charge in [-0.15, -0.1) is 0 Å². The van der Waals surface area contributed by atoms with Crippen LogP contribution in [0.5, 0.6) is 5.75 Å². The third kappa shape index (κ3) is 4.25. The minimum Gasteiger partial charge on any atom is -0.493 e. The van der Waals surface area contributed by atoms with Gasteiger partial charge in [0.2, 0.25) is 0 Å². The summed E-state index contributed by atoms with van der Waals surface area (Å²) in [5.41, 5.74) is -0.210. The maximum Gasteiger partial charge on any atom is 0.255 e. The number of halogens is 3. The Hall–Kier alpha value is -2.50. The Morgan fingerprint density at radius 2 is 1.87 bits per heavy atom. The molecule has 0 saturated heterocycles. The van der Waals surface area contributed by atoms with Gasteiger partial charge in [-0.1, -0.05) is 19.9 Å². The molecule has 0 radical (unpaired) electrons. The number of carbonyl (C=O) groups is 1. The number of ether oxygens (including phenoxy) is 1. The lowest BCUT2D eigenvalue weighted by Crippen LogP contribution is -2.14. The molecule has 0 aliphatic carbocycles. The molecule has 0 heterocycles. The van der Waals surface area contributed by atoms with Gasteiger partial charge in [-0.3, -0.25) is 4.79 Å². The molecule has 0 atom stereocenters. The number of rotatable bonds is 5. The lowest BCUT2D eigenvalue weighted by atomic mass is 10.2. The van der Waals surface area contributed by atoms with Gasteiger partial charge in [0, 0.05) is 5.56 Å². The van der Waals surface area contributed by atoms with Crippen molar-refractivity contribution in [3.05, 3.63) is 59.4 Å². The summed E-state index contributed by atoms with van der Waals surface area (Å²) in [6, 6.07) is 8.02. The van der Waals surface area contributed by atoms with Crippen LogP contribution in [0.4, 0.5) is 18.9 Å². The topological polar surface area (TPSA) is 38.3 Å². The molecule has 0 saturated carbocycles. The van der Waals surface area contributed by atoms with Crippen molar-refractivity contribution < 1.29 is 22.7 Å². The van der Waals surface area contributed by atoms with Crippen molar-refractivity contribution in [1.82, 2.24) is 0 Å². The smallest absolute Gasteiger partial charge is 0.255 e. The van der Waals surface area contributed by atoms with E-state index in [0.29, 0.717) is 18.3 Å². The van der Waals surface area contributed by atoms with Crippen LogP contribution in [0.15, 0.2) is 36.4 Å². The van der Waals surface area contributed by atoms with Gasteiger partial charge < -0.3 is 10.1 Å². The first-order chi connectivity index (χ1) is 10.9. The van der Waals surface area contributed by atoms with E-state index in [0.717, 1.165) is 12.1 Å². The van der Waals surface area contributed by atoms with Crippen LogP contribution in [0.1, 0.15) is 24.2 Å². The Bertz CT molecular complexity index is 717. The first-order valence-corrected chi connectivity index (χ1v) is 7.06. The molecule has 0 aliphatic heterocycles. The molecule has 0 fully saturated rings. The number of nitrogens with one attached hydrogen (secondary N) is 1. The van der Waals surface area contributed by atoms with Gasteiger partial charge in [0.1, 0.15) is 5.75 Å². The lowest BCUT2D eigenvalue weighted by molar-refractivity contribution is 0.102. The van der Waals surface area contributed by atoms with Gasteiger partial charge in [-0.25, -0.2) is 13.2 Å². The number of anilines is 1. The number of hydrogen-bond acceptors (Lipinski definition) is 2. The molecule has 122 valence electrons. The second-order valence-corrected chi connectivity index (χ2v) is 5.41. The predicted octanol–water partition coefficient (Wildman–Crippen LogP) is 4.39. The van der Waals surface area contributed by atoms with Crippen molar-refractivity contribution in [2.45, 2.75) is 13.8 Å². The SMILES string of the molecule is CC(C)COc1cccc(C(=O)Nc2ccc(F)c(F)c2F)c1. The van der Waals surface area contributed by atoms with E-state index in [-0.39, 0.29) is 5.56 Å². The van der Waals surface area contributed by atoms with Gasteiger partial charge in [0.05, 0.1) is 12.3 Å². The zero-order chi connectivity index (χ0) is 17.0. The molecule has 0 unspecified atom stereocenters. The fourth-order valence-corrected chi connectivity index (χ4v) is 1.81. The second kappa shape index (κ2) is 7.17. The highest BCUT2D eigenvalue weighted by molar-refractivity contribution is 6.04. The van der Waals surface area contributed by atoms with E-state index >= 15 is 0 Å². The van der Waals surface area contributed by atoms with Crippen LogP contribution in [-0.2, 0) is 0 Å². The van der Waals surface area contributed by atoms with Crippen LogP contribution in [-0.4, -0.2) is 12.5 Å². The molecule has 2 rings (SSSR count). The summed E-state index contributed by atoms with van der Waals surface area (Å²) >= 11 is 0. The summed E-state index contributed by atoms with van der Waals surface area (Å²) in [6.45, 7) is 4.47. The molecular formula is C17H16F3NO2. The van der Waals surface area contributed by atoms with E-state index in [1.807, 2.05) is 13.8 Å². The quantitative estimate of drug-likeness (QED) is 0.829. The van der Waals surface area contributed by atoms with Crippen molar-refractivity contribution >= 4 is 11.6 Å².